The second-order valence-electron chi connectivity index (χ2n) is 5.79. The van der Waals surface area contributed by atoms with Crippen molar-refractivity contribution in [1.29, 1.82) is 0 Å². The third-order valence-electron chi connectivity index (χ3n) is 3.53. The summed E-state index contributed by atoms with van der Waals surface area (Å²) in [4.78, 5) is 35.9. The van der Waals surface area contributed by atoms with Crippen LogP contribution in [0.3, 0.4) is 0 Å². The molecule has 29 heavy (non-hydrogen) atoms. The summed E-state index contributed by atoms with van der Waals surface area (Å²) in [6.07, 6.45) is -0.118. The van der Waals surface area contributed by atoms with Gasteiger partial charge in [-0.3, -0.25) is 14.4 Å². The Hall–Kier alpha value is -3.10. The predicted molar refractivity (Wildman–Crippen MR) is 113 cm³/mol. The van der Waals surface area contributed by atoms with E-state index >= 15 is 0 Å². The highest BCUT2D eigenvalue weighted by Gasteiger charge is 2.15. The first-order valence-electron chi connectivity index (χ1n) is 8.32. The van der Waals surface area contributed by atoms with E-state index in [9.17, 15) is 14.4 Å². The number of benzene rings is 2. The molecular weight excluding hydrogens is 419 g/mol. The van der Waals surface area contributed by atoms with Crippen LogP contribution in [-0.4, -0.2) is 30.5 Å². The first-order chi connectivity index (χ1) is 13.8. The van der Waals surface area contributed by atoms with Crippen LogP contribution in [0.5, 0.6) is 5.75 Å². The fourth-order valence-corrected chi connectivity index (χ4v) is 2.64. The smallest absolute Gasteiger partial charge is 0.329 e. The number of hydrogen-bond donors (Lipinski definition) is 3. The van der Waals surface area contributed by atoms with Gasteiger partial charge in [0, 0.05) is 10.7 Å². The Labute approximate surface area is 177 Å². The summed E-state index contributed by atoms with van der Waals surface area (Å²) in [7, 11) is 1.45. The average Bonchev–Trinajstić information content (AvgIpc) is 2.68. The molecule has 2 aromatic carbocycles. The van der Waals surface area contributed by atoms with E-state index in [0.29, 0.717) is 27.2 Å². The number of hydrogen-bond acceptors (Lipinski definition) is 5. The number of ether oxygens (including phenoxy) is 1. The highest BCUT2D eigenvalue weighted by molar-refractivity contribution is 6.40. The number of rotatable bonds is 6. The van der Waals surface area contributed by atoms with E-state index in [2.05, 4.69) is 21.2 Å². The number of methoxy groups -OCH3 is 1. The van der Waals surface area contributed by atoms with Crippen LogP contribution in [0.4, 0.5) is 11.4 Å². The molecule has 3 N–H and O–H groups in total. The number of nitrogens with zero attached hydrogens (tertiary/aromatic N) is 1. The van der Waals surface area contributed by atoms with Crippen LogP contribution in [-0.2, 0) is 14.4 Å². The predicted octanol–water partition coefficient (Wildman–Crippen LogP) is 3.46. The van der Waals surface area contributed by atoms with Crippen molar-refractivity contribution < 1.29 is 19.1 Å². The SMILES string of the molecule is COc1ccccc1NC(=O)C(=O)N/N=C(\C)CC(=O)Nc1ccc(Cl)cc1Cl. The second kappa shape index (κ2) is 10.4. The molecule has 2 rings (SSSR count). The van der Waals surface area contributed by atoms with Crippen LogP contribution in [0.15, 0.2) is 47.6 Å². The van der Waals surface area contributed by atoms with E-state index in [1.165, 1.54) is 20.1 Å². The summed E-state index contributed by atoms with van der Waals surface area (Å²) >= 11 is 11.8. The maximum absolute atomic E-state index is 12.1. The van der Waals surface area contributed by atoms with Gasteiger partial charge in [0.2, 0.25) is 5.91 Å². The molecule has 0 heterocycles. The topological polar surface area (TPSA) is 109 Å². The van der Waals surface area contributed by atoms with Crippen molar-refractivity contribution in [3.05, 3.63) is 52.5 Å². The highest BCUT2D eigenvalue weighted by atomic mass is 35.5. The lowest BCUT2D eigenvalue weighted by Gasteiger charge is -2.09. The largest absolute Gasteiger partial charge is 0.495 e. The number of carbonyl (C=O) groups is 3. The fraction of sp³-hybridized carbons (Fsp3) is 0.158. The van der Waals surface area contributed by atoms with Gasteiger partial charge in [-0.25, -0.2) is 5.43 Å². The van der Waals surface area contributed by atoms with Crippen molar-refractivity contribution >= 4 is 58.0 Å². The van der Waals surface area contributed by atoms with Crippen LogP contribution in [0.1, 0.15) is 13.3 Å². The summed E-state index contributed by atoms with van der Waals surface area (Å²) in [5.74, 6) is -1.91. The number of nitrogens with one attached hydrogen (secondary N) is 3. The molecular formula is C19H18Cl2N4O4. The monoisotopic (exact) mass is 436 g/mol. The number of carbonyl (C=O) groups excluding carboxylic acids is 3. The van der Waals surface area contributed by atoms with Crippen LogP contribution in [0.2, 0.25) is 10.0 Å². The average molecular weight is 437 g/mol. The third-order valence-corrected chi connectivity index (χ3v) is 4.08. The molecule has 0 saturated carbocycles. The van der Waals surface area contributed by atoms with Gasteiger partial charge in [0.05, 0.1) is 29.9 Å². The molecule has 0 spiro atoms. The van der Waals surface area contributed by atoms with Gasteiger partial charge >= 0.3 is 11.8 Å². The summed E-state index contributed by atoms with van der Waals surface area (Å²) in [6, 6.07) is 11.3. The summed E-state index contributed by atoms with van der Waals surface area (Å²) < 4.78 is 5.10. The van der Waals surface area contributed by atoms with Crippen molar-refractivity contribution in [2.75, 3.05) is 17.7 Å². The minimum absolute atomic E-state index is 0.118. The number of amides is 3. The standard InChI is InChI=1S/C19H18Cl2N4O4/c1-11(9-17(26)22-14-8-7-12(20)10-13(14)21)24-25-19(28)18(27)23-15-5-3-4-6-16(15)29-2/h3-8,10H,9H2,1-2H3,(H,22,26)(H,23,27)(H,25,28)/b24-11+. The minimum atomic E-state index is -0.989. The van der Waals surface area contributed by atoms with Gasteiger partial charge in [-0.15, -0.1) is 0 Å². The van der Waals surface area contributed by atoms with Crippen molar-refractivity contribution in [2.24, 2.45) is 5.10 Å². The van der Waals surface area contributed by atoms with Gasteiger partial charge in [-0.1, -0.05) is 35.3 Å². The minimum Gasteiger partial charge on any atom is -0.495 e. The maximum Gasteiger partial charge on any atom is 0.329 e. The third kappa shape index (κ3) is 6.78. The van der Waals surface area contributed by atoms with Crippen molar-refractivity contribution in [3.63, 3.8) is 0 Å². The number of anilines is 2. The van der Waals surface area contributed by atoms with Gasteiger partial charge < -0.3 is 15.4 Å². The van der Waals surface area contributed by atoms with Gasteiger partial charge in [0.25, 0.3) is 0 Å². The second-order valence-corrected chi connectivity index (χ2v) is 6.64. The molecule has 8 nitrogen and oxygen atoms in total. The first kappa shape index (κ1) is 22.2. The molecule has 0 aromatic heterocycles. The molecule has 0 bridgehead atoms. The van der Waals surface area contributed by atoms with Crippen molar-refractivity contribution in [3.8, 4) is 5.75 Å². The molecule has 0 atom stereocenters. The zero-order valence-electron chi connectivity index (χ0n) is 15.6. The molecule has 0 fully saturated rings. The zero-order valence-corrected chi connectivity index (χ0v) is 17.1. The van der Waals surface area contributed by atoms with E-state index in [4.69, 9.17) is 27.9 Å². The summed E-state index contributed by atoms with van der Waals surface area (Å²) in [6.45, 7) is 1.53. The fourth-order valence-electron chi connectivity index (χ4n) is 2.18. The maximum atomic E-state index is 12.1. The van der Waals surface area contributed by atoms with Crippen LogP contribution in [0, 0.1) is 0 Å². The Morgan fingerprint density at radius 1 is 1.00 bits per heavy atom. The van der Waals surface area contributed by atoms with Crippen LogP contribution >= 0.6 is 23.2 Å². The van der Waals surface area contributed by atoms with E-state index in [1.807, 2.05) is 0 Å². The van der Waals surface area contributed by atoms with Crippen molar-refractivity contribution in [2.45, 2.75) is 13.3 Å². The Balaban J connectivity index is 1.88. The van der Waals surface area contributed by atoms with Crippen molar-refractivity contribution in [1.82, 2.24) is 5.43 Å². The molecule has 0 aliphatic rings. The summed E-state index contributed by atoms with van der Waals surface area (Å²) in [5, 5.41) is 9.52. The van der Waals surface area contributed by atoms with Gasteiger partial charge in [-0.05, 0) is 37.3 Å². The van der Waals surface area contributed by atoms with E-state index in [-0.39, 0.29) is 12.1 Å². The Morgan fingerprint density at radius 2 is 1.72 bits per heavy atom. The Morgan fingerprint density at radius 3 is 2.41 bits per heavy atom. The lowest BCUT2D eigenvalue weighted by Crippen LogP contribution is -2.33. The Kier molecular flexibility index (Phi) is 7.99. The van der Waals surface area contributed by atoms with Gasteiger partial charge in [0.1, 0.15) is 5.75 Å². The number of para-hydroxylation sites is 2. The molecule has 10 heteroatoms. The number of hydrazone groups is 1. The zero-order chi connectivity index (χ0) is 21.4. The van der Waals surface area contributed by atoms with E-state index in [0.717, 1.165) is 0 Å². The molecule has 0 aliphatic carbocycles. The molecule has 2 aromatic rings. The molecule has 0 aliphatic heterocycles. The van der Waals surface area contributed by atoms with Crippen LogP contribution < -0.4 is 20.8 Å². The molecule has 3 amide bonds. The molecule has 0 saturated heterocycles. The highest BCUT2D eigenvalue weighted by Crippen LogP contribution is 2.25. The van der Waals surface area contributed by atoms with E-state index in [1.54, 1.807) is 36.4 Å². The first-order valence-corrected chi connectivity index (χ1v) is 9.08. The van der Waals surface area contributed by atoms with Gasteiger partial charge in [-0.2, -0.15) is 5.10 Å². The lowest BCUT2D eigenvalue weighted by atomic mass is 10.2. The van der Waals surface area contributed by atoms with E-state index < -0.39 is 17.7 Å². The Bertz CT molecular complexity index is 963. The normalized spacial score (nSPS) is 10.8. The van der Waals surface area contributed by atoms with Crippen LogP contribution in [0.25, 0.3) is 0 Å². The quantitative estimate of drug-likeness (QED) is 0.365. The molecule has 0 unspecified atom stereocenters. The summed E-state index contributed by atoms with van der Waals surface area (Å²) in [5.41, 5.74) is 3.12. The van der Waals surface area contributed by atoms with Gasteiger partial charge in [0.15, 0.2) is 0 Å². The molecule has 152 valence electrons. The number of halogens is 2. The lowest BCUT2D eigenvalue weighted by molar-refractivity contribution is -0.136. The molecule has 0 radical (unpaired) electrons.